The number of benzene rings is 1. The number of rotatable bonds is 9. The highest BCUT2D eigenvalue weighted by atomic mass is 28.3. The van der Waals surface area contributed by atoms with Crippen LogP contribution in [0.1, 0.15) is 18.4 Å². The molecule has 13 heteroatoms. The van der Waals surface area contributed by atoms with E-state index in [4.69, 9.17) is 18.9 Å². The number of amides is 2. The maximum absolute atomic E-state index is 13.2. The van der Waals surface area contributed by atoms with Crippen LogP contribution in [0.4, 0.5) is 11.6 Å². The van der Waals surface area contributed by atoms with Gasteiger partial charge in [0.15, 0.2) is 5.69 Å². The van der Waals surface area contributed by atoms with Crippen molar-refractivity contribution in [3.63, 3.8) is 0 Å². The second kappa shape index (κ2) is 11.9. The number of carbonyl (C=O) groups excluding carboxylic acids is 3. The SMILES string of the molecule is COc1nc(N2CCC(N(C)C)CC2=O)nc(OC)c1NC(=O)C1OC(Oc2cc([Si](C)(C)C)ccc2C)=CC1=O. The molecule has 2 atom stereocenters. The zero-order valence-corrected chi connectivity index (χ0v) is 25.7. The van der Waals surface area contributed by atoms with E-state index < -0.39 is 25.9 Å². The molecule has 0 saturated carbocycles. The lowest BCUT2D eigenvalue weighted by Gasteiger charge is -2.33. The Morgan fingerprint density at radius 1 is 1.12 bits per heavy atom. The van der Waals surface area contributed by atoms with Gasteiger partial charge in [-0.1, -0.05) is 37.0 Å². The van der Waals surface area contributed by atoms with Crippen LogP contribution < -0.4 is 29.6 Å². The number of hydrogen-bond acceptors (Lipinski definition) is 10. The summed E-state index contributed by atoms with van der Waals surface area (Å²) < 4.78 is 22.3. The minimum atomic E-state index is -1.61. The number of nitrogens with zero attached hydrogens (tertiary/aromatic N) is 4. The highest BCUT2D eigenvalue weighted by molar-refractivity contribution is 6.88. The third-order valence-electron chi connectivity index (χ3n) is 7.09. The van der Waals surface area contributed by atoms with Crippen LogP contribution >= 0.6 is 0 Å². The van der Waals surface area contributed by atoms with Crippen molar-refractivity contribution in [3.05, 3.63) is 35.8 Å². The van der Waals surface area contributed by atoms with Crippen LogP contribution in [-0.4, -0.2) is 87.5 Å². The van der Waals surface area contributed by atoms with Crippen molar-refractivity contribution < 1.29 is 33.3 Å². The van der Waals surface area contributed by atoms with Gasteiger partial charge in [0.2, 0.25) is 35.5 Å². The van der Waals surface area contributed by atoms with E-state index in [1.807, 2.05) is 38.1 Å². The first kappa shape index (κ1) is 30.0. The van der Waals surface area contributed by atoms with Gasteiger partial charge in [-0.25, -0.2) is 0 Å². The zero-order chi connectivity index (χ0) is 30.1. The summed E-state index contributed by atoms with van der Waals surface area (Å²) in [4.78, 5) is 50.9. The zero-order valence-electron chi connectivity index (χ0n) is 24.7. The fourth-order valence-electron chi connectivity index (χ4n) is 4.51. The normalized spacial score (nSPS) is 19.1. The molecule has 2 aliphatic rings. The molecule has 2 aromatic rings. The van der Waals surface area contributed by atoms with Gasteiger partial charge >= 0.3 is 0 Å². The predicted octanol–water partition coefficient (Wildman–Crippen LogP) is 2.23. The number of aromatic nitrogens is 2. The van der Waals surface area contributed by atoms with Crippen LogP contribution in [0.3, 0.4) is 0 Å². The third kappa shape index (κ3) is 6.51. The minimum absolute atomic E-state index is 0.00354. The molecule has 220 valence electrons. The lowest BCUT2D eigenvalue weighted by atomic mass is 10.0. The summed E-state index contributed by atoms with van der Waals surface area (Å²) in [5, 5.41) is 3.77. The fourth-order valence-corrected chi connectivity index (χ4v) is 5.66. The number of hydrogen-bond donors (Lipinski definition) is 1. The summed E-state index contributed by atoms with van der Waals surface area (Å²) in [6, 6.07) is 6.12. The van der Waals surface area contributed by atoms with Crippen molar-refractivity contribution in [2.75, 3.05) is 45.1 Å². The van der Waals surface area contributed by atoms with Crippen molar-refractivity contribution in [3.8, 4) is 17.5 Å². The van der Waals surface area contributed by atoms with Gasteiger partial charge in [-0.2, -0.15) is 9.97 Å². The Balaban J connectivity index is 1.50. The molecule has 4 rings (SSSR count). The lowest BCUT2D eigenvalue weighted by molar-refractivity contribution is -0.134. The Morgan fingerprint density at radius 3 is 2.34 bits per heavy atom. The summed E-state index contributed by atoms with van der Waals surface area (Å²) in [7, 11) is 4.99. The molecule has 0 aliphatic carbocycles. The molecule has 3 heterocycles. The fraction of sp³-hybridized carbons (Fsp3) is 0.464. The number of aryl methyl sites for hydroxylation is 1. The maximum atomic E-state index is 13.2. The molecule has 12 nitrogen and oxygen atoms in total. The number of anilines is 2. The van der Waals surface area contributed by atoms with Crippen molar-refractivity contribution in [2.45, 2.75) is 51.6 Å². The van der Waals surface area contributed by atoms with E-state index in [0.29, 0.717) is 18.7 Å². The molecule has 1 aromatic carbocycles. The van der Waals surface area contributed by atoms with Gasteiger partial charge < -0.3 is 29.2 Å². The average Bonchev–Trinajstić information content (AvgIpc) is 3.29. The molecule has 1 saturated heterocycles. The first-order chi connectivity index (χ1) is 19.3. The van der Waals surface area contributed by atoms with Crippen molar-refractivity contribution in [1.82, 2.24) is 14.9 Å². The van der Waals surface area contributed by atoms with E-state index in [9.17, 15) is 14.4 Å². The minimum Gasteiger partial charge on any atom is -0.479 e. The predicted molar refractivity (Wildman–Crippen MR) is 156 cm³/mol. The highest BCUT2D eigenvalue weighted by Gasteiger charge is 2.37. The second-order valence-electron chi connectivity index (χ2n) is 11.3. The Bertz CT molecular complexity index is 1360. The molecule has 0 spiro atoms. The summed E-state index contributed by atoms with van der Waals surface area (Å²) in [6.45, 7) is 8.98. The van der Waals surface area contributed by atoms with E-state index in [1.54, 1.807) is 0 Å². The van der Waals surface area contributed by atoms with Crippen LogP contribution in [0.2, 0.25) is 19.6 Å². The van der Waals surface area contributed by atoms with E-state index in [-0.39, 0.29) is 41.3 Å². The van der Waals surface area contributed by atoms with Gasteiger partial charge in [-0.05, 0) is 39.1 Å². The molecule has 41 heavy (non-hydrogen) atoms. The Morgan fingerprint density at radius 2 is 1.78 bits per heavy atom. The number of piperidine rings is 1. The molecule has 1 aromatic heterocycles. The van der Waals surface area contributed by atoms with Gasteiger partial charge in [-0.3, -0.25) is 19.3 Å². The second-order valence-corrected chi connectivity index (χ2v) is 16.3. The maximum Gasteiger partial charge on any atom is 0.289 e. The summed E-state index contributed by atoms with van der Waals surface area (Å²) in [5.74, 6) is -0.981. The monoisotopic (exact) mass is 583 g/mol. The van der Waals surface area contributed by atoms with Gasteiger partial charge in [-0.15, -0.1) is 0 Å². The van der Waals surface area contributed by atoms with Crippen molar-refractivity contribution >= 4 is 42.5 Å². The lowest BCUT2D eigenvalue weighted by Crippen LogP contribution is -2.46. The average molecular weight is 584 g/mol. The van der Waals surface area contributed by atoms with Gasteiger partial charge in [0.05, 0.1) is 28.4 Å². The Hall–Kier alpha value is -3.97. The number of ether oxygens (including phenoxy) is 4. The molecular formula is C28H37N5O7Si. The molecule has 2 amide bonds. The standard InChI is InChI=1S/C28H37N5O7Si/c1-16-9-10-18(41(6,7)8)14-20(16)39-22-15-19(34)24(40-22)25(36)29-23-26(37-4)30-28(31-27(23)38-5)33-12-11-17(32(2)3)13-21(33)35/h9-10,14-15,17,24H,11-13H2,1-8H3,(H,29,36). The largest absolute Gasteiger partial charge is 0.479 e. The van der Waals surface area contributed by atoms with Crippen molar-refractivity contribution in [2.24, 2.45) is 0 Å². The van der Waals surface area contributed by atoms with Crippen LogP contribution in [0.15, 0.2) is 30.2 Å². The molecular weight excluding hydrogens is 546 g/mol. The third-order valence-corrected chi connectivity index (χ3v) is 9.13. The molecule has 2 aliphatic heterocycles. The van der Waals surface area contributed by atoms with Gasteiger partial charge in [0.25, 0.3) is 11.9 Å². The number of nitrogens with one attached hydrogen (secondary N) is 1. The topological polar surface area (TPSA) is 132 Å². The smallest absolute Gasteiger partial charge is 0.289 e. The van der Waals surface area contributed by atoms with Gasteiger partial charge in [0, 0.05) is 19.0 Å². The molecule has 1 N–H and O–H groups in total. The van der Waals surface area contributed by atoms with Crippen LogP contribution in [0, 0.1) is 6.92 Å². The summed E-state index contributed by atoms with van der Waals surface area (Å²) >= 11 is 0. The first-order valence-corrected chi connectivity index (χ1v) is 16.8. The first-order valence-electron chi connectivity index (χ1n) is 13.3. The molecule has 1 fully saturated rings. The number of methoxy groups -OCH3 is 2. The Labute approximate surface area is 240 Å². The summed E-state index contributed by atoms with van der Waals surface area (Å²) in [5.41, 5.74) is 0.872. The summed E-state index contributed by atoms with van der Waals surface area (Å²) in [6.07, 6.45) is 0.722. The quantitative estimate of drug-likeness (QED) is 0.346. The molecule has 0 bridgehead atoms. The van der Waals surface area contributed by atoms with Gasteiger partial charge in [0.1, 0.15) is 5.75 Å². The van der Waals surface area contributed by atoms with Crippen LogP contribution in [0.5, 0.6) is 17.5 Å². The van der Waals surface area contributed by atoms with Crippen LogP contribution in [0.25, 0.3) is 0 Å². The van der Waals surface area contributed by atoms with E-state index in [0.717, 1.165) is 18.1 Å². The Kier molecular flexibility index (Phi) is 8.68. The van der Waals surface area contributed by atoms with Crippen LogP contribution in [-0.2, 0) is 19.1 Å². The van der Waals surface area contributed by atoms with E-state index in [2.05, 4.69) is 41.0 Å². The molecule has 0 radical (unpaired) electrons. The van der Waals surface area contributed by atoms with Crippen molar-refractivity contribution in [1.29, 1.82) is 0 Å². The number of carbonyl (C=O) groups is 3. The van der Waals surface area contributed by atoms with E-state index in [1.165, 1.54) is 24.3 Å². The van der Waals surface area contributed by atoms with E-state index >= 15 is 0 Å². The molecule has 2 unspecified atom stereocenters. The number of ketones is 1. The highest BCUT2D eigenvalue weighted by Crippen LogP contribution is 2.35.